The van der Waals surface area contributed by atoms with Crippen LogP contribution in [0.2, 0.25) is 0 Å². The van der Waals surface area contributed by atoms with E-state index in [0.717, 1.165) is 4.47 Å². The van der Waals surface area contributed by atoms with Gasteiger partial charge in [-0.25, -0.2) is 0 Å². The van der Waals surface area contributed by atoms with Crippen molar-refractivity contribution in [2.45, 2.75) is 31.5 Å². The molecular formula is C10H13BrO3. The van der Waals surface area contributed by atoms with Gasteiger partial charge in [-0.2, -0.15) is 0 Å². The molecule has 0 saturated carbocycles. The number of rotatable bonds is 1. The molecule has 2 heterocycles. The SMILES string of the molecule is CC1(C)OCCC1(O)c1occc1Br. The van der Waals surface area contributed by atoms with E-state index in [2.05, 4.69) is 15.9 Å². The maximum absolute atomic E-state index is 10.5. The highest BCUT2D eigenvalue weighted by Crippen LogP contribution is 2.46. The van der Waals surface area contributed by atoms with Gasteiger partial charge in [0.1, 0.15) is 0 Å². The molecule has 4 heteroatoms. The summed E-state index contributed by atoms with van der Waals surface area (Å²) in [4.78, 5) is 0. The molecule has 2 rings (SSSR count). The summed E-state index contributed by atoms with van der Waals surface area (Å²) in [6.07, 6.45) is 2.12. The number of halogens is 1. The zero-order valence-corrected chi connectivity index (χ0v) is 9.80. The largest absolute Gasteiger partial charge is 0.465 e. The van der Waals surface area contributed by atoms with Crippen LogP contribution >= 0.6 is 15.9 Å². The Balaban J connectivity index is 2.47. The monoisotopic (exact) mass is 260 g/mol. The van der Waals surface area contributed by atoms with Gasteiger partial charge in [-0.3, -0.25) is 0 Å². The average molecular weight is 261 g/mol. The fourth-order valence-electron chi connectivity index (χ4n) is 1.85. The zero-order valence-electron chi connectivity index (χ0n) is 8.21. The van der Waals surface area contributed by atoms with E-state index in [1.165, 1.54) is 0 Å². The maximum atomic E-state index is 10.5. The minimum absolute atomic E-state index is 0.552. The summed E-state index contributed by atoms with van der Waals surface area (Å²) in [6.45, 7) is 4.29. The molecule has 14 heavy (non-hydrogen) atoms. The summed E-state index contributed by atoms with van der Waals surface area (Å²) in [5.74, 6) is 0.556. The van der Waals surface area contributed by atoms with Crippen LogP contribution in [0.3, 0.4) is 0 Å². The lowest BCUT2D eigenvalue weighted by molar-refractivity contribution is -0.113. The first kappa shape index (κ1) is 10.2. The van der Waals surface area contributed by atoms with Gasteiger partial charge in [0, 0.05) is 6.42 Å². The lowest BCUT2D eigenvalue weighted by Gasteiger charge is -2.33. The van der Waals surface area contributed by atoms with Crippen molar-refractivity contribution in [1.29, 1.82) is 0 Å². The van der Waals surface area contributed by atoms with Crippen molar-refractivity contribution in [3.63, 3.8) is 0 Å². The van der Waals surface area contributed by atoms with Gasteiger partial charge in [-0.05, 0) is 35.8 Å². The van der Waals surface area contributed by atoms with Crippen LogP contribution in [0.4, 0.5) is 0 Å². The Morgan fingerprint density at radius 2 is 2.21 bits per heavy atom. The van der Waals surface area contributed by atoms with Gasteiger partial charge >= 0.3 is 0 Å². The van der Waals surface area contributed by atoms with Crippen LogP contribution in [-0.2, 0) is 10.3 Å². The maximum Gasteiger partial charge on any atom is 0.154 e. The Morgan fingerprint density at radius 1 is 1.50 bits per heavy atom. The molecule has 1 unspecified atom stereocenters. The third-order valence-electron chi connectivity index (χ3n) is 2.92. The molecule has 0 radical (unpaired) electrons. The van der Waals surface area contributed by atoms with Gasteiger partial charge in [-0.1, -0.05) is 0 Å². The molecular weight excluding hydrogens is 248 g/mol. The number of hydrogen-bond donors (Lipinski definition) is 1. The first-order chi connectivity index (χ1) is 6.47. The fraction of sp³-hybridized carbons (Fsp3) is 0.600. The molecule has 1 fully saturated rings. The van der Waals surface area contributed by atoms with Crippen LogP contribution in [0.25, 0.3) is 0 Å². The normalized spacial score (nSPS) is 30.9. The molecule has 0 bridgehead atoms. The number of furan rings is 1. The van der Waals surface area contributed by atoms with Gasteiger partial charge < -0.3 is 14.3 Å². The van der Waals surface area contributed by atoms with Crippen LogP contribution in [0, 0.1) is 0 Å². The third kappa shape index (κ3) is 1.25. The van der Waals surface area contributed by atoms with E-state index in [4.69, 9.17) is 9.15 Å². The molecule has 3 nitrogen and oxygen atoms in total. The predicted molar refractivity (Wildman–Crippen MR) is 55.0 cm³/mol. The molecule has 1 aromatic rings. The Morgan fingerprint density at radius 3 is 2.64 bits per heavy atom. The van der Waals surface area contributed by atoms with Crippen molar-refractivity contribution in [1.82, 2.24) is 0 Å². The Kier molecular flexibility index (Phi) is 2.25. The summed E-state index contributed by atoms with van der Waals surface area (Å²) < 4.78 is 11.6. The highest BCUT2D eigenvalue weighted by atomic mass is 79.9. The standard InChI is InChI=1S/C10H13BrO3/c1-9(2)10(12,4-6-14-9)8-7(11)3-5-13-8/h3,5,12H,4,6H2,1-2H3. The number of aliphatic hydroxyl groups is 1. The van der Waals surface area contributed by atoms with E-state index in [0.29, 0.717) is 18.8 Å². The Labute approximate surface area is 91.2 Å². The van der Waals surface area contributed by atoms with E-state index in [9.17, 15) is 5.11 Å². The van der Waals surface area contributed by atoms with Crippen molar-refractivity contribution in [2.24, 2.45) is 0 Å². The summed E-state index contributed by atoms with van der Waals surface area (Å²) >= 11 is 3.35. The highest BCUT2D eigenvalue weighted by molar-refractivity contribution is 9.10. The highest BCUT2D eigenvalue weighted by Gasteiger charge is 2.53. The van der Waals surface area contributed by atoms with E-state index in [-0.39, 0.29) is 0 Å². The molecule has 78 valence electrons. The van der Waals surface area contributed by atoms with Crippen LogP contribution in [-0.4, -0.2) is 17.3 Å². The summed E-state index contributed by atoms with van der Waals surface area (Å²) in [5.41, 5.74) is -1.64. The Bertz CT molecular complexity index is 345. The van der Waals surface area contributed by atoms with E-state index in [1.807, 2.05) is 13.8 Å². The van der Waals surface area contributed by atoms with Gasteiger partial charge in [0.15, 0.2) is 11.4 Å². The number of ether oxygens (including phenoxy) is 1. The molecule has 1 aliphatic rings. The van der Waals surface area contributed by atoms with Crippen molar-refractivity contribution in [3.8, 4) is 0 Å². The van der Waals surface area contributed by atoms with E-state index in [1.54, 1.807) is 12.3 Å². The molecule has 1 N–H and O–H groups in total. The quantitative estimate of drug-likeness (QED) is 0.844. The van der Waals surface area contributed by atoms with Gasteiger partial charge in [0.25, 0.3) is 0 Å². The second-order valence-electron chi connectivity index (χ2n) is 4.07. The minimum atomic E-state index is -1.03. The Hall–Kier alpha value is -0.320. The molecule has 1 saturated heterocycles. The molecule has 1 aliphatic heterocycles. The first-order valence-electron chi connectivity index (χ1n) is 4.57. The summed E-state index contributed by atoms with van der Waals surface area (Å²) in [5, 5.41) is 10.5. The zero-order chi connectivity index (χ0) is 10.4. The summed E-state index contributed by atoms with van der Waals surface area (Å²) in [7, 11) is 0. The first-order valence-corrected chi connectivity index (χ1v) is 5.36. The molecule has 1 aromatic heterocycles. The predicted octanol–water partition coefficient (Wildman–Crippen LogP) is 2.43. The lowest BCUT2D eigenvalue weighted by Crippen LogP contribution is -2.43. The summed E-state index contributed by atoms with van der Waals surface area (Å²) in [6, 6.07) is 1.78. The second-order valence-corrected chi connectivity index (χ2v) is 4.92. The second kappa shape index (κ2) is 3.08. The third-order valence-corrected chi connectivity index (χ3v) is 3.54. The average Bonchev–Trinajstić information content (AvgIpc) is 2.59. The molecule has 0 aliphatic carbocycles. The molecule has 1 atom stereocenters. The lowest BCUT2D eigenvalue weighted by atomic mass is 9.83. The molecule has 0 aromatic carbocycles. The van der Waals surface area contributed by atoms with Crippen LogP contribution in [0.5, 0.6) is 0 Å². The van der Waals surface area contributed by atoms with Crippen molar-refractivity contribution in [2.75, 3.05) is 6.61 Å². The van der Waals surface area contributed by atoms with Crippen LogP contribution < -0.4 is 0 Å². The van der Waals surface area contributed by atoms with Crippen molar-refractivity contribution in [3.05, 3.63) is 22.6 Å². The van der Waals surface area contributed by atoms with Gasteiger partial charge in [-0.15, -0.1) is 0 Å². The van der Waals surface area contributed by atoms with E-state index < -0.39 is 11.2 Å². The van der Waals surface area contributed by atoms with Crippen molar-refractivity contribution >= 4 is 15.9 Å². The minimum Gasteiger partial charge on any atom is -0.465 e. The van der Waals surface area contributed by atoms with Crippen molar-refractivity contribution < 1.29 is 14.3 Å². The fourth-order valence-corrected chi connectivity index (χ4v) is 2.38. The number of hydrogen-bond acceptors (Lipinski definition) is 3. The molecule has 0 amide bonds. The van der Waals surface area contributed by atoms with E-state index >= 15 is 0 Å². The topological polar surface area (TPSA) is 42.6 Å². The smallest absolute Gasteiger partial charge is 0.154 e. The van der Waals surface area contributed by atoms with Crippen LogP contribution in [0.15, 0.2) is 21.2 Å². The van der Waals surface area contributed by atoms with Gasteiger partial charge in [0.05, 0.1) is 22.9 Å². The van der Waals surface area contributed by atoms with Gasteiger partial charge in [0.2, 0.25) is 0 Å². The molecule has 0 spiro atoms. The van der Waals surface area contributed by atoms with Crippen LogP contribution in [0.1, 0.15) is 26.0 Å².